The van der Waals surface area contributed by atoms with Gasteiger partial charge in [0, 0.05) is 5.39 Å². The molecule has 1 aliphatic rings. The van der Waals surface area contributed by atoms with E-state index in [1.165, 1.54) is 0 Å². The van der Waals surface area contributed by atoms with E-state index in [-0.39, 0.29) is 16.6 Å². The van der Waals surface area contributed by atoms with Crippen molar-refractivity contribution in [1.29, 1.82) is 5.26 Å². The van der Waals surface area contributed by atoms with Crippen molar-refractivity contribution >= 4 is 39.0 Å². The van der Waals surface area contributed by atoms with Crippen LogP contribution in [0.5, 0.6) is 0 Å². The topological polar surface area (TPSA) is 132 Å². The molecule has 0 atom stereocenters. The molecule has 6 nitrogen and oxygen atoms in total. The Morgan fingerprint density at radius 2 is 2.11 bits per heavy atom. The van der Waals surface area contributed by atoms with Crippen LogP contribution >= 0.6 is 11.3 Å². The fourth-order valence-corrected chi connectivity index (χ4v) is 3.25. The summed E-state index contributed by atoms with van der Waals surface area (Å²) in [5.41, 5.74) is 18.6. The summed E-state index contributed by atoms with van der Waals surface area (Å²) in [5, 5.41) is 9.92. The quantitative estimate of drug-likeness (QED) is 0.758. The smallest absolute Gasteiger partial charge is 0.260 e. The van der Waals surface area contributed by atoms with Gasteiger partial charge in [-0.2, -0.15) is 5.26 Å². The molecule has 2 aromatic rings. The highest BCUT2D eigenvalue weighted by Gasteiger charge is 2.32. The summed E-state index contributed by atoms with van der Waals surface area (Å²) >= 11 is 1.12. The maximum absolute atomic E-state index is 11.4. The van der Waals surface area contributed by atoms with Crippen molar-refractivity contribution in [3.8, 4) is 6.07 Å². The number of amides is 1. The number of nitriles is 1. The van der Waals surface area contributed by atoms with Gasteiger partial charge in [0.05, 0.1) is 11.3 Å². The molecule has 0 unspecified atom stereocenters. The Bertz CT molecular complexity index is 754. The van der Waals surface area contributed by atoms with Crippen LogP contribution in [-0.4, -0.2) is 10.9 Å². The van der Waals surface area contributed by atoms with Gasteiger partial charge in [-0.1, -0.05) is 0 Å². The van der Waals surface area contributed by atoms with Crippen LogP contribution in [0.15, 0.2) is 0 Å². The molecule has 1 fully saturated rings. The summed E-state index contributed by atoms with van der Waals surface area (Å²) in [5.74, 6) is -0.117. The van der Waals surface area contributed by atoms with Crippen molar-refractivity contribution < 1.29 is 4.79 Å². The Hall–Kier alpha value is -2.33. The number of hydrogen-bond donors (Lipinski definition) is 3. The number of nitrogens with two attached hydrogens (primary N) is 3. The molecule has 96 valence electrons. The van der Waals surface area contributed by atoms with Crippen molar-refractivity contribution in [2.75, 3.05) is 11.5 Å². The lowest BCUT2D eigenvalue weighted by Crippen LogP contribution is -2.10. The highest BCUT2D eigenvalue weighted by Crippen LogP contribution is 2.49. The Kier molecular flexibility index (Phi) is 2.37. The average molecular weight is 273 g/mol. The maximum Gasteiger partial charge on any atom is 0.260 e. The number of carbonyl (C=O) groups is 1. The predicted octanol–water partition coefficient (Wildman–Crippen LogP) is 1.31. The number of thiophene rings is 1. The highest BCUT2D eigenvalue weighted by molar-refractivity contribution is 7.21. The molecule has 0 saturated heterocycles. The van der Waals surface area contributed by atoms with E-state index in [4.69, 9.17) is 17.2 Å². The molecule has 7 heteroatoms. The van der Waals surface area contributed by atoms with Crippen LogP contribution in [0.4, 0.5) is 11.5 Å². The molecule has 0 aliphatic heterocycles. The van der Waals surface area contributed by atoms with Gasteiger partial charge in [0.2, 0.25) is 0 Å². The monoisotopic (exact) mass is 273 g/mol. The van der Waals surface area contributed by atoms with Crippen LogP contribution < -0.4 is 17.2 Å². The third-order valence-electron chi connectivity index (χ3n) is 3.26. The van der Waals surface area contributed by atoms with E-state index >= 15 is 0 Å². The van der Waals surface area contributed by atoms with E-state index < -0.39 is 5.91 Å². The fraction of sp³-hybridized carbons (Fsp3) is 0.250. The number of primary amides is 1. The van der Waals surface area contributed by atoms with Crippen LogP contribution in [0.2, 0.25) is 0 Å². The number of hydrogen-bond acceptors (Lipinski definition) is 6. The van der Waals surface area contributed by atoms with Crippen molar-refractivity contribution in [2.45, 2.75) is 18.8 Å². The lowest BCUT2D eigenvalue weighted by atomic mass is 10.0. The SMILES string of the molecule is N#Cc1c(N)nc2sc(C(N)=O)c(N)c2c1C1CC1. The third kappa shape index (κ3) is 1.61. The van der Waals surface area contributed by atoms with Crippen LogP contribution in [0, 0.1) is 11.3 Å². The van der Waals surface area contributed by atoms with Crippen LogP contribution in [-0.2, 0) is 0 Å². The van der Waals surface area contributed by atoms with Gasteiger partial charge in [-0.25, -0.2) is 4.98 Å². The van der Waals surface area contributed by atoms with Gasteiger partial charge in [0.25, 0.3) is 5.91 Å². The second-order valence-electron chi connectivity index (χ2n) is 4.56. The molecule has 19 heavy (non-hydrogen) atoms. The Labute approximate surface area is 112 Å². The average Bonchev–Trinajstić information content (AvgIpc) is 3.13. The third-order valence-corrected chi connectivity index (χ3v) is 4.38. The molecule has 0 aromatic carbocycles. The summed E-state index contributed by atoms with van der Waals surface area (Å²) < 4.78 is 0. The minimum atomic E-state index is -0.584. The van der Waals surface area contributed by atoms with Gasteiger partial charge in [0.1, 0.15) is 21.6 Å². The fourth-order valence-electron chi connectivity index (χ4n) is 2.28. The molecule has 2 aromatic heterocycles. The first-order valence-electron chi connectivity index (χ1n) is 5.75. The van der Waals surface area contributed by atoms with E-state index in [9.17, 15) is 10.1 Å². The largest absolute Gasteiger partial charge is 0.397 e. The van der Waals surface area contributed by atoms with E-state index in [1.54, 1.807) is 0 Å². The molecule has 2 heterocycles. The van der Waals surface area contributed by atoms with Crippen molar-refractivity contribution in [2.24, 2.45) is 5.73 Å². The number of fused-ring (bicyclic) bond motifs is 1. The zero-order valence-corrected chi connectivity index (χ0v) is 10.8. The standard InChI is InChI=1S/C12H11N5OS/c13-3-5-6(4-1-2-4)7-8(14)9(11(16)18)19-12(7)17-10(5)15/h4H,1-2,14H2,(H2,15,17)(H2,16,18). The minimum absolute atomic E-state index is 0.189. The number of rotatable bonds is 2. The number of anilines is 2. The van der Waals surface area contributed by atoms with E-state index in [2.05, 4.69) is 11.1 Å². The summed E-state index contributed by atoms with van der Waals surface area (Å²) in [6.07, 6.45) is 1.99. The first-order valence-corrected chi connectivity index (χ1v) is 6.57. The molecule has 1 amide bonds. The first-order chi connectivity index (χ1) is 9.04. The van der Waals surface area contributed by atoms with Crippen LogP contribution in [0.25, 0.3) is 10.2 Å². The lowest BCUT2D eigenvalue weighted by Gasteiger charge is -2.07. The molecule has 1 saturated carbocycles. The molecule has 6 N–H and O–H groups in total. The summed E-state index contributed by atoms with van der Waals surface area (Å²) in [6, 6.07) is 2.09. The van der Waals surface area contributed by atoms with Gasteiger partial charge in [-0.05, 0) is 24.3 Å². The second kappa shape index (κ2) is 3.83. The number of nitrogen functional groups attached to an aromatic ring is 2. The normalized spacial score (nSPS) is 14.5. The van der Waals surface area contributed by atoms with Crippen LogP contribution in [0.3, 0.4) is 0 Å². The first kappa shape index (κ1) is 11.7. The molecule has 0 spiro atoms. The van der Waals surface area contributed by atoms with Crippen molar-refractivity contribution in [3.63, 3.8) is 0 Å². The molecule has 3 rings (SSSR count). The van der Waals surface area contributed by atoms with Gasteiger partial charge >= 0.3 is 0 Å². The zero-order chi connectivity index (χ0) is 13.7. The molecule has 0 bridgehead atoms. The van der Waals surface area contributed by atoms with E-state index in [1.807, 2.05) is 0 Å². The van der Waals surface area contributed by atoms with Crippen molar-refractivity contribution in [3.05, 3.63) is 16.0 Å². The Morgan fingerprint density at radius 3 is 2.63 bits per heavy atom. The number of carbonyl (C=O) groups excluding carboxylic acids is 1. The van der Waals surface area contributed by atoms with Gasteiger partial charge in [0.15, 0.2) is 0 Å². The zero-order valence-electron chi connectivity index (χ0n) is 9.93. The number of aromatic nitrogens is 1. The predicted molar refractivity (Wildman–Crippen MR) is 73.7 cm³/mol. The second-order valence-corrected chi connectivity index (χ2v) is 5.56. The molecule has 0 radical (unpaired) electrons. The number of pyridine rings is 1. The lowest BCUT2D eigenvalue weighted by molar-refractivity contribution is 0.100. The van der Waals surface area contributed by atoms with E-state index in [0.717, 1.165) is 29.7 Å². The number of nitrogens with zero attached hydrogens (tertiary/aromatic N) is 2. The van der Waals surface area contributed by atoms with Gasteiger partial charge in [-0.3, -0.25) is 4.79 Å². The van der Waals surface area contributed by atoms with Gasteiger partial charge in [-0.15, -0.1) is 11.3 Å². The molecular formula is C12H11N5OS. The molecular weight excluding hydrogens is 262 g/mol. The van der Waals surface area contributed by atoms with Crippen molar-refractivity contribution in [1.82, 2.24) is 4.98 Å². The Morgan fingerprint density at radius 1 is 1.42 bits per heavy atom. The molecule has 1 aliphatic carbocycles. The summed E-state index contributed by atoms with van der Waals surface area (Å²) in [6.45, 7) is 0. The van der Waals surface area contributed by atoms with Crippen LogP contribution in [0.1, 0.15) is 39.6 Å². The Balaban J connectivity index is 2.45. The highest BCUT2D eigenvalue weighted by atomic mass is 32.1. The summed E-state index contributed by atoms with van der Waals surface area (Å²) in [7, 11) is 0. The maximum atomic E-state index is 11.4. The van der Waals surface area contributed by atoms with Gasteiger partial charge < -0.3 is 17.2 Å². The minimum Gasteiger partial charge on any atom is -0.397 e. The van der Waals surface area contributed by atoms with E-state index in [0.29, 0.717) is 21.5 Å². The summed E-state index contributed by atoms with van der Waals surface area (Å²) in [4.78, 5) is 16.4.